The molecule has 3 rings (SSSR count). The number of carbonyl (C=O) groups excluding carboxylic acids is 1. The summed E-state index contributed by atoms with van der Waals surface area (Å²) in [5.41, 5.74) is 0.0503. The number of carbonyl (C=O) groups is 1. The summed E-state index contributed by atoms with van der Waals surface area (Å²) in [5.74, 6) is -0.871. The van der Waals surface area contributed by atoms with Gasteiger partial charge in [0.05, 0.1) is 21.0 Å². The van der Waals surface area contributed by atoms with Crippen LogP contribution in [-0.2, 0) is 20.3 Å². The van der Waals surface area contributed by atoms with E-state index in [1.807, 2.05) is 0 Å². The molecular weight excluding hydrogens is 419 g/mol. The lowest BCUT2D eigenvalue weighted by Gasteiger charge is -2.38. The maximum Gasteiger partial charge on any atom is 0.253 e. The van der Waals surface area contributed by atoms with Crippen LogP contribution in [-0.4, -0.2) is 45.9 Å². The van der Waals surface area contributed by atoms with Crippen molar-refractivity contribution in [1.29, 1.82) is 0 Å². The van der Waals surface area contributed by atoms with Crippen LogP contribution in [0.15, 0.2) is 47.4 Å². The molecule has 1 aliphatic rings. The second-order valence-electron chi connectivity index (χ2n) is 7.08. The predicted molar refractivity (Wildman–Crippen MR) is 108 cm³/mol. The molecule has 0 saturated carbocycles. The number of amides is 1. The molecule has 1 amide bonds. The van der Waals surface area contributed by atoms with Crippen LogP contribution in [0.5, 0.6) is 0 Å². The SMILES string of the molecule is CN(C)S(=O)(=O)c1ccc(Cl)c(C(=O)NC2(c3ccc(F)cc3)CCOCC2)c1. The van der Waals surface area contributed by atoms with Crippen molar-refractivity contribution < 1.29 is 22.3 Å². The quantitative estimate of drug-likeness (QED) is 0.774. The van der Waals surface area contributed by atoms with Crippen molar-refractivity contribution in [3.05, 3.63) is 64.4 Å². The molecule has 1 aliphatic heterocycles. The highest BCUT2D eigenvalue weighted by molar-refractivity contribution is 7.89. The van der Waals surface area contributed by atoms with Gasteiger partial charge in [0.2, 0.25) is 10.0 Å². The first kappa shape index (κ1) is 21.7. The minimum absolute atomic E-state index is 0.0279. The molecule has 9 heteroatoms. The number of ether oxygens (including phenoxy) is 1. The minimum atomic E-state index is -3.72. The topological polar surface area (TPSA) is 75.7 Å². The van der Waals surface area contributed by atoms with Gasteiger partial charge in [-0.2, -0.15) is 0 Å². The van der Waals surface area contributed by atoms with E-state index in [1.54, 1.807) is 12.1 Å². The minimum Gasteiger partial charge on any atom is -0.381 e. The number of hydrogen-bond donors (Lipinski definition) is 1. The van der Waals surface area contributed by atoms with Crippen molar-refractivity contribution in [3.8, 4) is 0 Å². The van der Waals surface area contributed by atoms with Crippen molar-refractivity contribution >= 4 is 27.5 Å². The highest BCUT2D eigenvalue weighted by atomic mass is 35.5. The molecule has 6 nitrogen and oxygen atoms in total. The lowest BCUT2D eigenvalue weighted by atomic mass is 9.82. The standard InChI is InChI=1S/C20H22ClFN2O4S/c1-24(2)29(26,27)16-7-8-18(21)17(13-16)19(25)23-20(9-11-28-12-10-20)14-3-5-15(22)6-4-14/h3-8,13H,9-12H2,1-2H3,(H,23,25). The summed E-state index contributed by atoms with van der Waals surface area (Å²) < 4.78 is 44.7. The summed E-state index contributed by atoms with van der Waals surface area (Å²) >= 11 is 6.21. The largest absolute Gasteiger partial charge is 0.381 e. The third-order valence-electron chi connectivity index (χ3n) is 5.06. The molecule has 0 bridgehead atoms. The normalized spacial score (nSPS) is 16.6. The number of rotatable bonds is 5. The maximum atomic E-state index is 13.4. The fourth-order valence-corrected chi connectivity index (χ4v) is 4.44. The second kappa shape index (κ2) is 8.39. The van der Waals surface area contributed by atoms with E-state index in [-0.39, 0.29) is 21.3 Å². The van der Waals surface area contributed by atoms with Gasteiger partial charge in [0, 0.05) is 27.3 Å². The molecule has 1 N–H and O–H groups in total. The first-order valence-electron chi connectivity index (χ1n) is 9.04. The number of benzene rings is 2. The highest BCUT2D eigenvalue weighted by Gasteiger charge is 2.36. The zero-order valence-electron chi connectivity index (χ0n) is 16.1. The summed E-state index contributed by atoms with van der Waals surface area (Å²) in [7, 11) is -0.898. The summed E-state index contributed by atoms with van der Waals surface area (Å²) in [6.45, 7) is 0.862. The number of nitrogens with zero attached hydrogens (tertiary/aromatic N) is 1. The van der Waals surface area contributed by atoms with E-state index in [1.165, 1.54) is 44.4 Å². The average Bonchev–Trinajstić information content (AvgIpc) is 2.69. The van der Waals surface area contributed by atoms with Gasteiger partial charge in [0.25, 0.3) is 5.91 Å². The molecule has 0 atom stereocenters. The predicted octanol–water partition coefficient (Wildman–Crippen LogP) is 3.17. The molecule has 1 saturated heterocycles. The van der Waals surface area contributed by atoms with Crippen LogP contribution in [0.3, 0.4) is 0 Å². The highest BCUT2D eigenvalue weighted by Crippen LogP contribution is 2.33. The zero-order chi connectivity index (χ0) is 21.2. The van der Waals surface area contributed by atoms with Gasteiger partial charge in [-0.05, 0) is 48.7 Å². The van der Waals surface area contributed by atoms with E-state index >= 15 is 0 Å². The first-order valence-corrected chi connectivity index (χ1v) is 10.9. The number of halogens is 2. The van der Waals surface area contributed by atoms with E-state index in [0.717, 1.165) is 9.87 Å². The Hall–Kier alpha value is -2.00. The second-order valence-corrected chi connectivity index (χ2v) is 9.64. The third kappa shape index (κ3) is 4.45. The van der Waals surface area contributed by atoms with Gasteiger partial charge in [-0.25, -0.2) is 17.1 Å². The summed E-state index contributed by atoms with van der Waals surface area (Å²) in [6, 6.07) is 9.97. The number of hydrogen-bond acceptors (Lipinski definition) is 4. The molecule has 2 aromatic rings. The van der Waals surface area contributed by atoms with E-state index < -0.39 is 21.5 Å². The number of nitrogens with one attached hydrogen (secondary N) is 1. The third-order valence-corrected chi connectivity index (χ3v) is 7.20. The number of sulfonamides is 1. The summed E-state index contributed by atoms with van der Waals surface area (Å²) in [4.78, 5) is 13.1. The van der Waals surface area contributed by atoms with E-state index in [0.29, 0.717) is 26.1 Å². The van der Waals surface area contributed by atoms with E-state index in [9.17, 15) is 17.6 Å². The van der Waals surface area contributed by atoms with Crippen LogP contribution in [0.2, 0.25) is 5.02 Å². The smallest absolute Gasteiger partial charge is 0.253 e. The molecule has 2 aromatic carbocycles. The Kier molecular flexibility index (Phi) is 6.28. The Balaban J connectivity index is 1.98. The van der Waals surface area contributed by atoms with Crippen molar-refractivity contribution in [1.82, 2.24) is 9.62 Å². The summed E-state index contributed by atoms with van der Waals surface area (Å²) in [5, 5.41) is 3.14. The fourth-order valence-electron chi connectivity index (χ4n) is 3.31. The molecule has 1 fully saturated rings. The molecule has 0 unspecified atom stereocenters. The maximum absolute atomic E-state index is 13.4. The van der Waals surface area contributed by atoms with Crippen LogP contribution in [0.1, 0.15) is 28.8 Å². The molecule has 0 spiro atoms. The van der Waals surface area contributed by atoms with Gasteiger partial charge in [-0.1, -0.05) is 23.7 Å². The van der Waals surface area contributed by atoms with Crippen LogP contribution in [0.25, 0.3) is 0 Å². The van der Waals surface area contributed by atoms with Crippen molar-refractivity contribution in [3.63, 3.8) is 0 Å². The fraction of sp³-hybridized carbons (Fsp3) is 0.350. The molecule has 0 radical (unpaired) electrons. The van der Waals surface area contributed by atoms with Crippen LogP contribution >= 0.6 is 11.6 Å². The van der Waals surface area contributed by atoms with Crippen molar-refractivity contribution in [2.24, 2.45) is 0 Å². The monoisotopic (exact) mass is 440 g/mol. The van der Waals surface area contributed by atoms with Gasteiger partial charge in [-0.3, -0.25) is 4.79 Å². The Morgan fingerprint density at radius 1 is 1.14 bits per heavy atom. The Morgan fingerprint density at radius 2 is 1.76 bits per heavy atom. The lowest BCUT2D eigenvalue weighted by Crippen LogP contribution is -2.49. The Morgan fingerprint density at radius 3 is 2.34 bits per heavy atom. The van der Waals surface area contributed by atoms with Crippen LogP contribution < -0.4 is 5.32 Å². The molecule has 0 aromatic heterocycles. The molecule has 156 valence electrons. The molecule has 29 heavy (non-hydrogen) atoms. The van der Waals surface area contributed by atoms with Gasteiger partial charge >= 0.3 is 0 Å². The van der Waals surface area contributed by atoms with Crippen LogP contribution in [0.4, 0.5) is 4.39 Å². The van der Waals surface area contributed by atoms with Gasteiger partial charge in [0.1, 0.15) is 5.82 Å². The Labute approximate surface area is 174 Å². The Bertz CT molecular complexity index is 1000. The van der Waals surface area contributed by atoms with Gasteiger partial charge in [-0.15, -0.1) is 0 Å². The van der Waals surface area contributed by atoms with Crippen molar-refractivity contribution in [2.45, 2.75) is 23.3 Å². The zero-order valence-corrected chi connectivity index (χ0v) is 17.7. The van der Waals surface area contributed by atoms with E-state index in [2.05, 4.69) is 5.32 Å². The molecule has 1 heterocycles. The van der Waals surface area contributed by atoms with Gasteiger partial charge < -0.3 is 10.1 Å². The van der Waals surface area contributed by atoms with Gasteiger partial charge in [0.15, 0.2) is 0 Å². The van der Waals surface area contributed by atoms with E-state index in [4.69, 9.17) is 16.3 Å². The molecule has 0 aliphatic carbocycles. The molecular formula is C20H22ClFN2O4S. The lowest BCUT2D eigenvalue weighted by molar-refractivity contribution is 0.0345. The first-order chi connectivity index (χ1) is 13.7. The summed E-state index contributed by atoms with van der Waals surface area (Å²) in [6.07, 6.45) is 0.995. The van der Waals surface area contributed by atoms with Crippen LogP contribution in [0, 0.1) is 5.82 Å². The van der Waals surface area contributed by atoms with Crippen molar-refractivity contribution in [2.75, 3.05) is 27.3 Å². The average molecular weight is 441 g/mol.